The van der Waals surface area contributed by atoms with Gasteiger partial charge in [-0.05, 0) is 24.0 Å². The molecule has 0 bridgehead atoms. The molecule has 0 aliphatic heterocycles. The van der Waals surface area contributed by atoms with Crippen LogP contribution in [0.15, 0.2) is 95.6 Å². The first-order chi connectivity index (χ1) is 10.7. The summed E-state index contributed by atoms with van der Waals surface area (Å²) >= 11 is 0. The van der Waals surface area contributed by atoms with Gasteiger partial charge >= 0.3 is 17.1 Å². The Hall–Kier alpha value is -1.96. The summed E-state index contributed by atoms with van der Waals surface area (Å²) in [6.45, 7) is 4.02. The fraction of sp³-hybridized carbons (Fsp3) is 0.200. The SMILES string of the molecule is CCC=CC([O-])=C1C=CC=C1.CCC=CC([O-])=C1C=CC=C1.[Fe+2]. The van der Waals surface area contributed by atoms with Crippen LogP contribution >= 0.6 is 0 Å². The normalized spacial score (nSPS) is 14.5. The summed E-state index contributed by atoms with van der Waals surface area (Å²) in [4.78, 5) is 0. The van der Waals surface area contributed by atoms with Crippen molar-refractivity contribution >= 4 is 0 Å². The van der Waals surface area contributed by atoms with Crippen molar-refractivity contribution in [2.24, 2.45) is 0 Å². The monoisotopic (exact) mass is 350 g/mol. The van der Waals surface area contributed by atoms with Gasteiger partial charge in [-0.3, -0.25) is 0 Å². The molecular formula is C20H22FeO2. The molecule has 0 radical (unpaired) electrons. The maximum absolute atomic E-state index is 11.2. The van der Waals surface area contributed by atoms with Crippen molar-refractivity contribution in [1.82, 2.24) is 0 Å². The Balaban J connectivity index is 0.000000403. The van der Waals surface area contributed by atoms with Gasteiger partial charge in [-0.15, -0.1) is 11.5 Å². The van der Waals surface area contributed by atoms with E-state index in [2.05, 4.69) is 0 Å². The molecule has 2 nitrogen and oxygen atoms in total. The van der Waals surface area contributed by atoms with Gasteiger partial charge in [-0.2, -0.15) is 0 Å². The average molecular weight is 350 g/mol. The summed E-state index contributed by atoms with van der Waals surface area (Å²) in [5, 5.41) is 22.4. The Morgan fingerprint density at radius 2 is 1.04 bits per heavy atom. The molecule has 2 aliphatic rings. The predicted molar refractivity (Wildman–Crippen MR) is 89.5 cm³/mol. The molecule has 0 saturated carbocycles. The summed E-state index contributed by atoms with van der Waals surface area (Å²) in [5.41, 5.74) is 1.55. The minimum atomic E-state index is 0. The molecule has 0 amide bonds. The van der Waals surface area contributed by atoms with Crippen LogP contribution < -0.4 is 10.2 Å². The van der Waals surface area contributed by atoms with E-state index >= 15 is 0 Å². The van der Waals surface area contributed by atoms with E-state index in [4.69, 9.17) is 0 Å². The zero-order valence-electron chi connectivity index (χ0n) is 13.5. The first-order valence-electron chi connectivity index (χ1n) is 7.54. The van der Waals surface area contributed by atoms with Crippen molar-refractivity contribution in [3.05, 3.63) is 95.6 Å². The summed E-state index contributed by atoms with van der Waals surface area (Å²) in [7, 11) is 0. The van der Waals surface area contributed by atoms with Gasteiger partial charge in [0.25, 0.3) is 0 Å². The van der Waals surface area contributed by atoms with Crippen LogP contribution in [0.25, 0.3) is 0 Å². The van der Waals surface area contributed by atoms with E-state index in [-0.39, 0.29) is 28.6 Å². The second kappa shape index (κ2) is 12.6. The van der Waals surface area contributed by atoms with Gasteiger partial charge in [0.1, 0.15) is 0 Å². The molecule has 2 rings (SSSR count). The Bertz CT molecular complexity index is 515. The van der Waals surface area contributed by atoms with Crippen LogP contribution in [0.3, 0.4) is 0 Å². The van der Waals surface area contributed by atoms with E-state index in [1.54, 1.807) is 12.2 Å². The number of rotatable bonds is 4. The average Bonchev–Trinajstić information content (AvgIpc) is 3.23. The van der Waals surface area contributed by atoms with Gasteiger partial charge in [-0.25, -0.2) is 0 Å². The van der Waals surface area contributed by atoms with E-state index in [0.717, 1.165) is 24.0 Å². The molecule has 3 heteroatoms. The largest absolute Gasteiger partial charge is 2.00 e. The molecule has 0 aromatic heterocycles. The van der Waals surface area contributed by atoms with Crippen LogP contribution in [0.4, 0.5) is 0 Å². The summed E-state index contributed by atoms with van der Waals surface area (Å²) in [6.07, 6.45) is 23.6. The molecule has 0 saturated heterocycles. The molecule has 0 aromatic carbocycles. The Morgan fingerprint density at radius 1 is 0.739 bits per heavy atom. The van der Waals surface area contributed by atoms with Crippen LogP contribution in [0.2, 0.25) is 0 Å². The molecule has 0 atom stereocenters. The predicted octanol–water partition coefficient (Wildman–Crippen LogP) is 3.38. The van der Waals surface area contributed by atoms with Crippen molar-refractivity contribution in [3.63, 3.8) is 0 Å². The van der Waals surface area contributed by atoms with Gasteiger partial charge in [0.2, 0.25) is 0 Å². The molecule has 0 N–H and O–H groups in total. The first kappa shape index (κ1) is 21.0. The molecule has 0 heterocycles. The van der Waals surface area contributed by atoms with Gasteiger partial charge in [0.15, 0.2) is 0 Å². The second-order valence-electron chi connectivity index (χ2n) is 4.70. The molecule has 0 aromatic rings. The first-order valence-corrected chi connectivity index (χ1v) is 7.54. The topological polar surface area (TPSA) is 46.1 Å². The molecule has 2 aliphatic carbocycles. The summed E-state index contributed by atoms with van der Waals surface area (Å²) in [6, 6.07) is 0. The second-order valence-corrected chi connectivity index (χ2v) is 4.70. The molecule has 122 valence electrons. The summed E-state index contributed by atoms with van der Waals surface area (Å²) in [5.74, 6) is 0.189. The Kier molecular flexibility index (Phi) is 11.5. The van der Waals surface area contributed by atoms with Gasteiger partial charge in [0.05, 0.1) is 0 Å². The van der Waals surface area contributed by atoms with Crippen molar-refractivity contribution in [2.75, 3.05) is 0 Å². The third-order valence-electron chi connectivity index (χ3n) is 2.90. The van der Waals surface area contributed by atoms with Crippen molar-refractivity contribution in [3.8, 4) is 0 Å². The quantitative estimate of drug-likeness (QED) is 0.576. The van der Waals surface area contributed by atoms with Gasteiger partial charge in [-0.1, -0.05) is 86.8 Å². The van der Waals surface area contributed by atoms with Crippen molar-refractivity contribution in [1.29, 1.82) is 0 Å². The van der Waals surface area contributed by atoms with Crippen LogP contribution in [0.5, 0.6) is 0 Å². The molecule has 0 spiro atoms. The standard InChI is InChI=1S/2C10H12O.Fe/c2*1-2-3-8-10(11)9-6-4-5-7-9;/h2*3-8,11H,2H2,1H3;/q;;+2/p-2. The van der Waals surface area contributed by atoms with Crippen molar-refractivity contribution < 1.29 is 27.3 Å². The van der Waals surface area contributed by atoms with Gasteiger partial charge < -0.3 is 10.2 Å². The molecule has 23 heavy (non-hydrogen) atoms. The smallest absolute Gasteiger partial charge is 0.872 e. The van der Waals surface area contributed by atoms with Crippen LogP contribution in [0.1, 0.15) is 26.7 Å². The van der Waals surface area contributed by atoms with E-state index in [0.29, 0.717) is 0 Å². The fourth-order valence-corrected chi connectivity index (χ4v) is 1.72. The number of hydrogen-bond acceptors (Lipinski definition) is 2. The minimum absolute atomic E-state index is 0. The van der Waals surface area contributed by atoms with E-state index in [1.807, 2.05) is 74.6 Å². The Labute approximate surface area is 149 Å². The van der Waals surface area contributed by atoms with E-state index in [1.165, 1.54) is 0 Å². The molecular weight excluding hydrogens is 328 g/mol. The maximum atomic E-state index is 11.2. The van der Waals surface area contributed by atoms with Crippen LogP contribution in [-0.4, -0.2) is 0 Å². The zero-order chi connectivity index (χ0) is 16.2. The van der Waals surface area contributed by atoms with Crippen molar-refractivity contribution in [2.45, 2.75) is 26.7 Å². The maximum Gasteiger partial charge on any atom is 2.00 e. The molecule has 0 unspecified atom stereocenters. The third kappa shape index (κ3) is 8.29. The van der Waals surface area contributed by atoms with E-state index in [9.17, 15) is 10.2 Å². The van der Waals surface area contributed by atoms with Crippen LogP contribution in [-0.2, 0) is 17.1 Å². The van der Waals surface area contributed by atoms with E-state index < -0.39 is 0 Å². The Morgan fingerprint density at radius 3 is 1.30 bits per heavy atom. The minimum Gasteiger partial charge on any atom is -0.872 e. The third-order valence-corrected chi connectivity index (χ3v) is 2.90. The zero-order valence-corrected chi connectivity index (χ0v) is 14.6. The fourth-order valence-electron chi connectivity index (χ4n) is 1.72. The number of hydrogen-bond donors (Lipinski definition) is 0. The summed E-state index contributed by atoms with van der Waals surface area (Å²) < 4.78 is 0. The van der Waals surface area contributed by atoms with Crippen LogP contribution in [0, 0.1) is 0 Å². The van der Waals surface area contributed by atoms with Gasteiger partial charge in [0, 0.05) is 0 Å². The number of allylic oxidation sites excluding steroid dienone is 14. The molecule has 0 fully saturated rings.